The maximum Gasteiger partial charge on any atom is 0.226 e. The van der Waals surface area contributed by atoms with Crippen LogP contribution in [0.25, 0.3) is 11.2 Å². The normalized spacial score (nSPS) is 22.8. The fourth-order valence-electron chi connectivity index (χ4n) is 3.64. The van der Waals surface area contributed by atoms with Crippen LogP contribution in [0, 0.1) is 5.82 Å². The Bertz CT molecular complexity index is 1300. The summed E-state index contributed by atoms with van der Waals surface area (Å²) in [6.07, 6.45) is -3.25. The second-order valence-corrected chi connectivity index (χ2v) is 7.75. The van der Waals surface area contributed by atoms with E-state index >= 15 is 0 Å². The lowest BCUT2D eigenvalue weighted by Crippen LogP contribution is -2.29. The summed E-state index contributed by atoms with van der Waals surface area (Å²) in [5.41, 5.74) is 1.34. The van der Waals surface area contributed by atoms with Crippen LogP contribution >= 0.6 is 11.6 Å². The molecule has 1 fully saturated rings. The quantitative estimate of drug-likeness (QED) is 0.347. The molecule has 4 heterocycles. The molecule has 4 atom stereocenters. The fourth-order valence-corrected chi connectivity index (χ4v) is 3.80. The number of aliphatic hydroxyl groups is 2. The van der Waals surface area contributed by atoms with Crippen molar-refractivity contribution in [2.45, 2.75) is 44.6 Å². The van der Waals surface area contributed by atoms with Crippen molar-refractivity contribution in [3.05, 3.63) is 53.1 Å². The van der Waals surface area contributed by atoms with Gasteiger partial charge in [-0.3, -0.25) is 4.57 Å². The van der Waals surface area contributed by atoms with Crippen molar-refractivity contribution in [1.82, 2.24) is 39.7 Å². The summed E-state index contributed by atoms with van der Waals surface area (Å²) in [5.74, 6) is 0.129. The lowest BCUT2D eigenvalue weighted by Gasteiger charge is -2.16. The minimum atomic E-state index is -1.32. The number of imidazole rings is 1. The highest BCUT2D eigenvalue weighted by atomic mass is 35.5. The molecule has 1 aliphatic heterocycles. The molecule has 0 unspecified atom stereocenters. The molecule has 12 nitrogen and oxygen atoms in total. The number of benzene rings is 1. The Labute approximate surface area is 191 Å². The number of rotatable bonds is 6. The predicted octanol–water partition coefficient (Wildman–Crippen LogP) is 1.23. The summed E-state index contributed by atoms with van der Waals surface area (Å²) < 4.78 is 20.8. The number of aromatic nitrogens is 8. The molecular weight excluding hydrogens is 457 g/mol. The van der Waals surface area contributed by atoms with E-state index in [0.29, 0.717) is 23.4 Å². The summed E-state index contributed by atoms with van der Waals surface area (Å²) in [7, 11) is 0. The maximum atomic E-state index is 13.5. The summed E-state index contributed by atoms with van der Waals surface area (Å²) in [6, 6.07) is 6.14. The number of tetrazole rings is 1. The van der Waals surface area contributed by atoms with E-state index in [1.807, 2.05) is 6.92 Å². The van der Waals surface area contributed by atoms with E-state index < -0.39 is 24.5 Å². The number of hydrogen-bond donors (Lipinski definition) is 3. The summed E-state index contributed by atoms with van der Waals surface area (Å²) in [4.78, 5) is 14.1. The Morgan fingerprint density at radius 3 is 2.85 bits per heavy atom. The number of aliphatic hydroxyl groups excluding tert-OH is 2. The van der Waals surface area contributed by atoms with Crippen molar-refractivity contribution in [3.63, 3.8) is 0 Å². The van der Waals surface area contributed by atoms with Crippen molar-refractivity contribution in [1.29, 1.82) is 0 Å². The van der Waals surface area contributed by atoms with Crippen molar-refractivity contribution >= 4 is 28.6 Å². The first-order chi connectivity index (χ1) is 15.9. The Hall–Kier alpha value is -3.26. The minimum Gasteiger partial charge on any atom is -0.387 e. The number of aryl methyl sites for hydroxylation is 1. The van der Waals surface area contributed by atoms with Gasteiger partial charge in [0.05, 0.1) is 12.9 Å². The third-order valence-corrected chi connectivity index (χ3v) is 5.43. The summed E-state index contributed by atoms with van der Waals surface area (Å²) >= 11 is 6.13. The first-order valence-electron chi connectivity index (χ1n) is 10.1. The largest absolute Gasteiger partial charge is 0.387 e. The van der Waals surface area contributed by atoms with Gasteiger partial charge in [0.25, 0.3) is 0 Å². The van der Waals surface area contributed by atoms with Gasteiger partial charge in [-0.05, 0) is 41.4 Å². The van der Waals surface area contributed by atoms with E-state index in [1.54, 1.807) is 12.1 Å². The van der Waals surface area contributed by atoms with E-state index in [4.69, 9.17) is 16.3 Å². The van der Waals surface area contributed by atoms with Gasteiger partial charge in [-0.25, -0.2) is 9.37 Å². The molecule has 4 aromatic rings. The summed E-state index contributed by atoms with van der Waals surface area (Å²) in [5, 5.41) is 36.1. The molecule has 3 aromatic heterocycles. The zero-order valence-corrected chi connectivity index (χ0v) is 18.0. The Balaban J connectivity index is 1.44. The number of nitrogens with one attached hydrogen (secondary N) is 1. The van der Waals surface area contributed by atoms with Crippen molar-refractivity contribution in [3.8, 4) is 0 Å². The molecule has 14 heteroatoms. The molecule has 1 saturated heterocycles. The SMILES string of the molecule is CCn1nnc([C@H]2O[C@@H](n3cnc4c(NCc5cccc(F)c5)nc(Cl)nc43)[C@H](O)[C@@H]2O)n1. The Kier molecular flexibility index (Phi) is 5.62. The number of ether oxygens (including phenoxy) is 1. The molecule has 0 aliphatic carbocycles. The molecule has 0 bridgehead atoms. The molecule has 172 valence electrons. The molecule has 0 spiro atoms. The topological polar surface area (TPSA) is 149 Å². The van der Waals surface area contributed by atoms with Crippen molar-refractivity contribution in [2.75, 3.05) is 5.32 Å². The van der Waals surface area contributed by atoms with Crippen LogP contribution in [0.1, 0.15) is 30.6 Å². The first-order valence-corrected chi connectivity index (χ1v) is 10.5. The molecule has 3 N–H and O–H groups in total. The van der Waals surface area contributed by atoms with Gasteiger partial charge in [0, 0.05) is 6.54 Å². The van der Waals surface area contributed by atoms with E-state index in [-0.39, 0.29) is 29.1 Å². The van der Waals surface area contributed by atoms with Crippen LogP contribution in [0.5, 0.6) is 0 Å². The number of nitrogens with zero attached hydrogens (tertiary/aromatic N) is 8. The number of halogens is 2. The van der Waals surface area contributed by atoms with Crippen LogP contribution in [-0.4, -0.2) is 62.1 Å². The van der Waals surface area contributed by atoms with Gasteiger partial charge in [-0.1, -0.05) is 12.1 Å². The van der Waals surface area contributed by atoms with Gasteiger partial charge in [0.1, 0.15) is 18.0 Å². The average Bonchev–Trinajstić information content (AvgIpc) is 3.51. The van der Waals surface area contributed by atoms with Crippen molar-refractivity contribution in [2.24, 2.45) is 0 Å². The molecule has 33 heavy (non-hydrogen) atoms. The molecule has 0 amide bonds. The minimum absolute atomic E-state index is 0.0665. The lowest BCUT2D eigenvalue weighted by atomic mass is 10.1. The van der Waals surface area contributed by atoms with Gasteiger partial charge in [-0.15, -0.1) is 10.2 Å². The highest BCUT2D eigenvalue weighted by Gasteiger charge is 2.47. The smallest absolute Gasteiger partial charge is 0.226 e. The Morgan fingerprint density at radius 1 is 1.24 bits per heavy atom. The van der Waals surface area contributed by atoms with E-state index in [0.717, 1.165) is 0 Å². The van der Waals surface area contributed by atoms with Crippen LogP contribution in [0.3, 0.4) is 0 Å². The van der Waals surface area contributed by atoms with Gasteiger partial charge in [-0.2, -0.15) is 14.8 Å². The van der Waals surface area contributed by atoms with Gasteiger partial charge < -0.3 is 20.3 Å². The second-order valence-electron chi connectivity index (χ2n) is 7.41. The zero-order chi connectivity index (χ0) is 23.1. The second kappa shape index (κ2) is 8.59. The molecular formula is C19H19ClFN9O3. The van der Waals surface area contributed by atoms with Crippen LogP contribution < -0.4 is 5.32 Å². The molecule has 1 aliphatic rings. The molecule has 0 radical (unpaired) electrons. The van der Waals surface area contributed by atoms with Gasteiger partial charge >= 0.3 is 0 Å². The molecule has 5 rings (SSSR count). The number of anilines is 1. The Morgan fingerprint density at radius 2 is 2.09 bits per heavy atom. The van der Waals surface area contributed by atoms with Gasteiger partial charge in [0.2, 0.25) is 11.1 Å². The van der Waals surface area contributed by atoms with Crippen molar-refractivity contribution < 1.29 is 19.3 Å². The zero-order valence-electron chi connectivity index (χ0n) is 17.2. The average molecular weight is 476 g/mol. The third kappa shape index (κ3) is 3.99. The maximum absolute atomic E-state index is 13.5. The van der Waals surface area contributed by atoms with Crippen LogP contribution in [-0.2, 0) is 17.8 Å². The van der Waals surface area contributed by atoms with Crippen LogP contribution in [0.4, 0.5) is 10.2 Å². The number of fused-ring (bicyclic) bond motifs is 1. The standard InChI is InChI=1S/C19H19ClFN9O3/c1-2-30-27-16(26-28-30)14-12(31)13(32)18(33-14)29-8-23-11-15(24-19(20)25-17(11)29)22-7-9-4-3-5-10(21)6-9/h3-6,8,12-14,18,31-32H,2,7H2,1H3,(H,22,24,25)/t12-,13+,14-,18+/m0/s1. The molecule has 0 saturated carbocycles. The summed E-state index contributed by atoms with van der Waals surface area (Å²) in [6.45, 7) is 2.61. The van der Waals surface area contributed by atoms with Gasteiger partial charge in [0.15, 0.2) is 29.3 Å². The number of hydrogen-bond acceptors (Lipinski definition) is 10. The van der Waals surface area contributed by atoms with Crippen LogP contribution in [0.15, 0.2) is 30.6 Å². The fraction of sp³-hybridized carbons (Fsp3) is 0.368. The van der Waals surface area contributed by atoms with E-state index in [9.17, 15) is 14.6 Å². The first kappa shape index (κ1) is 21.6. The molecule has 1 aromatic carbocycles. The highest BCUT2D eigenvalue weighted by Crippen LogP contribution is 2.39. The predicted molar refractivity (Wildman–Crippen MR) is 112 cm³/mol. The third-order valence-electron chi connectivity index (χ3n) is 5.26. The van der Waals surface area contributed by atoms with Crippen LogP contribution in [0.2, 0.25) is 5.28 Å². The van der Waals surface area contributed by atoms with E-state index in [2.05, 4.69) is 35.7 Å². The van der Waals surface area contributed by atoms with E-state index in [1.165, 1.54) is 27.8 Å². The monoisotopic (exact) mass is 475 g/mol. The highest BCUT2D eigenvalue weighted by molar-refractivity contribution is 6.28. The lowest BCUT2D eigenvalue weighted by molar-refractivity contribution is -0.0384.